The molecular weight excluding hydrogens is 144 g/mol. The van der Waals surface area contributed by atoms with Gasteiger partial charge in [0.25, 0.3) is 0 Å². The predicted molar refractivity (Wildman–Crippen MR) is 46.1 cm³/mol. The Hall–Kier alpha value is -0.670. The lowest BCUT2D eigenvalue weighted by Crippen LogP contribution is -1.88. The van der Waals surface area contributed by atoms with Crippen molar-refractivity contribution in [1.29, 1.82) is 0 Å². The minimum atomic E-state index is -0.450. The molecule has 0 saturated carbocycles. The molecule has 1 aromatic rings. The molecule has 1 heterocycles. The van der Waals surface area contributed by atoms with Gasteiger partial charge in [0.2, 0.25) is 0 Å². The number of hydrogen-bond acceptors (Lipinski definition) is 2. The first-order valence-corrected chi connectivity index (χ1v) is 4.37. The zero-order valence-corrected chi connectivity index (χ0v) is 6.69. The summed E-state index contributed by atoms with van der Waals surface area (Å²) < 4.78 is 0. The van der Waals surface area contributed by atoms with E-state index in [0.29, 0.717) is 0 Å². The lowest BCUT2D eigenvalue weighted by Gasteiger charge is -1.98. The van der Waals surface area contributed by atoms with Crippen LogP contribution in [0.3, 0.4) is 0 Å². The van der Waals surface area contributed by atoms with E-state index in [1.807, 2.05) is 19.1 Å². The number of nitrogens with zero attached hydrogens (tertiary/aromatic N) is 1. The second-order valence-electron chi connectivity index (χ2n) is 2.10. The Morgan fingerprint density at radius 2 is 2.40 bits per heavy atom. The van der Waals surface area contributed by atoms with Gasteiger partial charge in [0.1, 0.15) is 5.03 Å². The average molecular weight is 154 g/mol. The van der Waals surface area contributed by atoms with E-state index in [2.05, 4.69) is 10.9 Å². The Labute approximate surface area is 63.2 Å². The SMILES string of the molecule is C=S(N)c1cc(C)ccn1. The van der Waals surface area contributed by atoms with E-state index < -0.39 is 10.7 Å². The normalized spacial score (nSPS) is 13.0. The lowest BCUT2D eigenvalue weighted by atomic mass is 10.3. The summed E-state index contributed by atoms with van der Waals surface area (Å²) in [5, 5.41) is 6.41. The van der Waals surface area contributed by atoms with Gasteiger partial charge in [-0.2, -0.15) is 0 Å². The number of aromatic nitrogens is 1. The van der Waals surface area contributed by atoms with Gasteiger partial charge in [-0.25, -0.2) is 4.98 Å². The largest absolute Gasteiger partial charge is 0.279 e. The third-order valence-electron chi connectivity index (χ3n) is 1.16. The van der Waals surface area contributed by atoms with Gasteiger partial charge >= 0.3 is 0 Å². The van der Waals surface area contributed by atoms with Crippen molar-refractivity contribution in [1.82, 2.24) is 4.98 Å². The first kappa shape index (κ1) is 7.44. The number of aryl methyl sites for hydroxylation is 1. The van der Waals surface area contributed by atoms with Crippen LogP contribution >= 0.6 is 10.7 Å². The molecule has 1 rings (SSSR count). The van der Waals surface area contributed by atoms with Crippen LogP contribution in [0.15, 0.2) is 23.4 Å². The van der Waals surface area contributed by atoms with Crippen LogP contribution in [0.4, 0.5) is 0 Å². The Morgan fingerprint density at radius 3 is 2.80 bits per heavy atom. The van der Waals surface area contributed by atoms with E-state index in [1.165, 1.54) is 5.56 Å². The summed E-state index contributed by atoms with van der Waals surface area (Å²) >= 11 is 0. The van der Waals surface area contributed by atoms with Gasteiger partial charge in [-0.1, -0.05) is 16.5 Å². The summed E-state index contributed by atoms with van der Waals surface area (Å²) in [6.07, 6.45) is 1.75. The van der Waals surface area contributed by atoms with Gasteiger partial charge in [-0.05, 0) is 24.6 Å². The van der Waals surface area contributed by atoms with Crippen molar-refractivity contribution in [2.24, 2.45) is 5.14 Å². The zero-order valence-electron chi connectivity index (χ0n) is 5.87. The molecule has 0 spiro atoms. The van der Waals surface area contributed by atoms with Crippen LogP contribution in [0.2, 0.25) is 0 Å². The van der Waals surface area contributed by atoms with E-state index in [9.17, 15) is 0 Å². The highest BCUT2D eigenvalue weighted by molar-refractivity contribution is 8.12. The van der Waals surface area contributed by atoms with Crippen molar-refractivity contribution in [3.63, 3.8) is 0 Å². The number of rotatable bonds is 1. The van der Waals surface area contributed by atoms with Gasteiger partial charge in [0, 0.05) is 6.20 Å². The van der Waals surface area contributed by atoms with E-state index in [1.54, 1.807) is 6.20 Å². The molecule has 0 saturated heterocycles. The standard InChI is InChI=1S/C7H10N2S/c1-6-3-4-9-7(5-6)10(2)8/h3-5H,2,8H2,1H3. The van der Waals surface area contributed by atoms with Crippen LogP contribution in [0.25, 0.3) is 0 Å². The summed E-state index contributed by atoms with van der Waals surface area (Å²) in [5.41, 5.74) is 1.18. The summed E-state index contributed by atoms with van der Waals surface area (Å²) in [6, 6.07) is 3.90. The van der Waals surface area contributed by atoms with Crippen LogP contribution in [-0.4, -0.2) is 10.9 Å². The lowest BCUT2D eigenvalue weighted by molar-refractivity contribution is 1.11. The van der Waals surface area contributed by atoms with E-state index >= 15 is 0 Å². The highest BCUT2D eigenvalue weighted by atomic mass is 32.2. The first-order chi connectivity index (χ1) is 4.70. The van der Waals surface area contributed by atoms with Gasteiger partial charge in [-0.15, -0.1) is 0 Å². The Kier molecular flexibility index (Phi) is 2.19. The summed E-state index contributed by atoms with van der Waals surface area (Å²) in [4.78, 5) is 4.06. The third-order valence-corrected chi connectivity index (χ3v) is 1.92. The average Bonchev–Trinajstić information content (AvgIpc) is 1.88. The number of nitrogens with two attached hydrogens (primary N) is 1. The molecule has 0 aliphatic carbocycles. The summed E-state index contributed by atoms with van der Waals surface area (Å²) in [7, 11) is -0.450. The maximum Gasteiger partial charge on any atom is 0.104 e. The van der Waals surface area contributed by atoms with Gasteiger partial charge < -0.3 is 0 Å². The molecule has 1 atom stereocenters. The van der Waals surface area contributed by atoms with Crippen LogP contribution in [0.1, 0.15) is 5.56 Å². The third kappa shape index (κ3) is 1.65. The molecule has 0 bridgehead atoms. The van der Waals surface area contributed by atoms with Crippen LogP contribution in [0.5, 0.6) is 0 Å². The fraction of sp³-hybridized carbons (Fsp3) is 0.143. The smallest absolute Gasteiger partial charge is 0.104 e. The molecule has 1 aromatic heterocycles. The zero-order chi connectivity index (χ0) is 7.56. The van der Waals surface area contributed by atoms with E-state index in [4.69, 9.17) is 5.14 Å². The van der Waals surface area contributed by atoms with Crippen LogP contribution in [-0.2, 0) is 0 Å². The molecule has 0 amide bonds. The first-order valence-electron chi connectivity index (χ1n) is 2.91. The van der Waals surface area contributed by atoms with Crippen molar-refractivity contribution >= 4 is 16.5 Å². The number of hydrogen-bond donors (Lipinski definition) is 1. The van der Waals surface area contributed by atoms with Crippen molar-refractivity contribution in [3.8, 4) is 0 Å². The molecule has 0 aliphatic rings. The molecule has 3 heteroatoms. The van der Waals surface area contributed by atoms with Gasteiger partial charge in [0.05, 0.1) is 0 Å². The maximum atomic E-state index is 5.54. The monoisotopic (exact) mass is 154 g/mol. The Morgan fingerprint density at radius 1 is 1.70 bits per heavy atom. The fourth-order valence-electron chi connectivity index (χ4n) is 0.652. The molecule has 0 aliphatic heterocycles. The molecule has 2 nitrogen and oxygen atoms in total. The molecule has 0 aromatic carbocycles. The maximum absolute atomic E-state index is 5.54. The van der Waals surface area contributed by atoms with Crippen molar-refractivity contribution in [2.75, 3.05) is 0 Å². The molecule has 54 valence electrons. The van der Waals surface area contributed by atoms with Gasteiger partial charge in [-0.3, -0.25) is 5.14 Å². The van der Waals surface area contributed by atoms with Gasteiger partial charge in [0.15, 0.2) is 0 Å². The second-order valence-corrected chi connectivity index (χ2v) is 3.38. The summed E-state index contributed by atoms with van der Waals surface area (Å²) in [5.74, 6) is 3.69. The molecular formula is C7H10N2S. The van der Waals surface area contributed by atoms with Crippen LogP contribution < -0.4 is 5.14 Å². The molecule has 0 radical (unpaired) electrons. The Balaban J connectivity index is 3.07. The Bertz CT molecular complexity index is 258. The molecule has 1 unspecified atom stereocenters. The van der Waals surface area contributed by atoms with Crippen molar-refractivity contribution in [3.05, 3.63) is 23.9 Å². The van der Waals surface area contributed by atoms with E-state index in [0.717, 1.165) is 5.03 Å². The van der Waals surface area contributed by atoms with E-state index in [-0.39, 0.29) is 0 Å². The van der Waals surface area contributed by atoms with Crippen molar-refractivity contribution in [2.45, 2.75) is 11.9 Å². The van der Waals surface area contributed by atoms with Crippen LogP contribution in [0, 0.1) is 6.92 Å². The minimum absolute atomic E-state index is 0.450. The van der Waals surface area contributed by atoms with Crippen molar-refractivity contribution < 1.29 is 0 Å². The highest BCUT2D eigenvalue weighted by Gasteiger charge is 1.91. The molecule has 0 fully saturated rings. The number of pyridine rings is 1. The molecule has 10 heavy (non-hydrogen) atoms. The highest BCUT2D eigenvalue weighted by Crippen LogP contribution is 2.13. The second kappa shape index (κ2) is 2.94. The predicted octanol–water partition coefficient (Wildman–Crippen LogP) is 1.32. The fourth-order valence-corrected chi connectivity index (χ4v) is 1.19. The summed E-state index contributed by atoms with van der Waals surface area (Å²) in [6.45, 7) is 2.01. The molecule has 2 N–H and O–H groups in total. The quantitative estimate of drug-likeness (QED) is 0.620. The topological polar surface area (TPSA) is 38.9 Å². The minimum Gasteiger partial charge on any atom is -0.279 e.